The van der Waals surface area contributed by atoms with Gasteiger partial charge < -0.3 is 10.6 Å². The molecule has 0 amide bonds. The number of nitrogen functional groups attached to an aromatic ring is 1. The summed E-state index contributed by atoms with van der Waals surface area (Å²) in [5.41, 5.74) is 7.74. The minimum absolute atomic E-state index is 0.117. The summed E-state index contributed by atoms with van der Waals surface area (Å²) in [7, 11) is 0. The predicted molar refractivity (Wildman–Crippen MR) is 80.6 cm³/mol. The van der Waals surface area contributed by atoms with Crippen LogP contribution in [0.25, 0.3) is 0 Å². The van der Waals surface area contributed by atoms with Crippen molar-refractivity contribution in [3.63, 3.8) is 0 Å². The molecule has 104 valence electrons. The first kappa shape index (κ1) is 14.1. The van der Waals surface area contributed by atoms with E-state index in [9.17, 15) is 4.39 Å². The molecule has 0 unspecified atom stereocenters. The van der Waals surface area contributed by atoms with Crippen LogP contribution in [0.1, 0.15) is 18.1 Å². The normalized spacial score (nSPS) is 10.3. The van der Waals surface area contributed by atoms with E-state index in [0.717, 1.165) is 17.8 Å². The van der Waals surface area contributed by atoms with Crippen LogP contribution in [-0.2, 0) is 6.54 Å². The fourth-order valence-corrected chi connectivity index (χ4v) is 2.14. The van der Waals surface area contributed by atoms with Gasteiger partial charge in [0.05, 0.1) is 0 Å². The monoisotopic (exact) mass is 271 g/mol. The molecule has 0 aliphatic rings. The lowest BCUT2D eigenvalue weighted by molar-refractivity contribution is 0.624. The number of halogens is 1. The second-order valence-corrected chi connectivity index (χ2v) is 4.61. The Bertz CT molecular complexity index is 596. The average molecular weight is 271 g/mol. The van der Waals surface area contributed by atoms with Gasteiger partial charge in [-0.25, -0.2) is 4.39 Å². The van der Waals surface area contributed by atoms with Crippen LogP contribution in [0.3, 0.4) is 0 Å². The summed E-state index contributed by atoms with van der Waals surface area (Å²) in [5.74, 6) is -0.481. The zero-order valence-corrected chi connectivity index (χ0v) is 11.4. The van der Waals surface area contributed by atoms with E-state index in [-0.39, 0.29) is 11.7 Å². The third-order valence-corrected chi connectivity index (χ3v) is 3.15. The number of anilines is 1. The van der Waals surface area contributed by atoms with Crippen molar-refractivity contribution in [3.8, 4) is 0 Å². The van der Waals surface area contributed by atoms with Crippen LogP contribution < -0.4 is 10.6 Å². The summed E-state index contributed by atoms with van der Waals surface area (Å²) in [6.45, 7) is 3.45. The third kappa shape index (κ3) is 3.35. The molecule has 0 spiro atoms. The Morgan fingerprint density at radius 3 is 2.50 bits per heavy atom. The van der Waals surface area contributed by atoms with Gasteiger partial charge in [0.25, 0.3) is 0 Å². The molecule has 0 atom stereocenters. The molecule has 0 aliphatic carbocycles. The Morgan fingerprint density at radius 2 is 1.90 bits per heavy atom. The maximum Gasteiger partial charge on any atom is 0.124 e. The highest BCUT2D eigenvalue weighted by molar-refractivity contribution is 5.95. The van der Waals surface area contributed by atoms with Gasteiger partial charge in [0, 0.05) is 24.3 Å². The lowest BCUT2D eigenvalue weighted by Crippen LogP contribution is -2.22. The van der Waals surface area contributed by atoms with E-state index in [2.05, 4.69) is 11.8 Å². The van der Waals surface area contributed by atoms with Crippen LogP contribution in [-0.4, -0.2) is 12.4 Å². The van der Waals surface area contributed by atoms with Gasteiger partial charge >= 0.3 is 0 Å². The largest absolute Gasteiger partial charge is 0.384 e. The highest BCUT2D eigenvalue weighted by Crippen LogP contribution is 2.18. The molecular formula is C16H18FN3. The minimum Gasteiger partial charge on any atom is -0.384 e. The molecule has 0 fully saturated rings. The number of rotatable bonds is 5. The molecule has 3 nitrogen and oxygen atoms in total. The lowest BCUT2D eigenvalue weighted by Gasteiger charge is -2.23. The van der Waals surface area contributed by atoms with Crippen molar-refractivity contribution in [1.29, 1.82) is 5.41 Å². The van der Waals surface area contributed by atoms with Crippen LogP contribution in [0.4, 0.5) is 10.1 Å². The highest BCUT2D eigenvalue weighted by atomic mass is 19.1. The Hall–Kier alpha value is -2.36. The number of para-hydroxylation sites is 1. The average Bonchev–Trinajstić information content (AvgIpc) is 2.45. The second-order valence-electron chi connectivity index (χ2n) is 4.61. The van der Waals surface area contributed by atoms with Crippen LogP contribution in [0, 0.1) is 11.2 Å². The molecule has 2 aromatic carbocycles. The zero-order chi connectivity index (χ0) is 14.5. The highest BCUT2D eigenvalue weighted by Gasteiger charge is 2.08. The van der Waals surface area contributed by atoms with Crippen molar-refractivity contribution < 1.29 is 4.39 Å². The molecule has 0 bridgehead atoms. The number of amidine groups is 1. The maximum atomic E-state index is 13.6. The van der Waals surface area contributed by atoms with E-state index in [4.69, 9.17) is 11.1 Å². The van der Waals surface area contributed by atoms with Crippen LogP contribution in [0.2, 0.25) is 0 Å². The molecule has 0 aromatic heterocycles. The van der Waals surface area contributed by atoms with Gasteiger partial charge in [0.15, 0.2) is 0 Å². The van der Waals surface area contributed by atoms with Gasteiger partial charge in [-0.1, -0.05) is 18.2 Å². The summed E-state index contributed by atoms with van der Waals surface area (Å²) in [6, 6.07) is 14.5. The molecule has 0 aliphatic heterocycles. The summed E-state index contributed by atoms with van der Waals surface area (Å²) >= 11 is 0. The van der Waals surface area contributed by atoms with Crippen LogP contribution in [0.15, 0.2) is 48.5 Å². The lowest BCUT2D eigenvalue weighted by atomic mass is 10.1. The first-order chi connectivity index (χ1) is 9.60. The minimum atomic E-state index is -0.364. The first-order valence-electron chi connectivity index (χ1n) is 6.54. The van der Waals surface area contributed by atoms with Crippen molar-refractivity contribution in [2.75, 3.05) is 11.4 Å². The third-order valence-electron chi connectivity index (χ3n) is 3.15. The summed E-state index contributed by atoms with van der Waals surface area (Å²) in [6.07, 6.45) is 0. The Labute approximate surface area is 118 Å². The standard InChI is InChI=1S/C16H18FN3/c1-2-20(15-6-4-3-5-7-15)11-12-8-13(16(18)19)10-14(17)9-12/h3-10H,2,11H2,1H3,(H3,18,19). The smallest absolute Gasteiger partial charge is 0.124 e. The van der Waals surface area contributed by atoms with Crippen molar-refractivity contribution in [2.45, 2.75) is 13.5 Å². The van der Waals surface area contributed by atoms with Gasteiger partial charge in [-0.2, -0.15) is 0 Å². The number of hydrogen-bond donors (Lipinski definition) is 2. The first-order valence-corrected chi connectivity index (χ1v) is 6.54. The Balaban J connectivity index is 2.26. The van der Waals surface area contributed by atoms with Gasteiger partial charge in [0.2, 0.25) is 0 Å². The summed E-state index contributed by atoms with van der Waals surface area (Å²) < 4.78 is 13.6. The predicted octanol–water partition coefficient (Wildman–Crippen LogP) is 3.14. The molecule has 3 N–H and O–H groups in total. The molecular weight excluding hydrogens is 253 g/mol. The van der Waals surface area contributed by atoms with Crippen LogP contribution in [0.5, 0.6) is 0 Å². The van der Waals surface area contributed by atoms with E-state index < -0.39 is 0 Å². The molecule has 0 saturated carbocycles. The molecule has 0 heterocycles. The van der Waals surface area contributed by atoms with E-state index in [1.807, 2.05) is 30.3 Å². The van der Waals surface area contributed by atoms with E-state index in [1.54, 1.807) is 6.07 Å². The number of nitrogens with two attached hydrogens (primary N) is 1. The number of hydrogen-bond acceptors (Lipinski definition) is 2. The molecule has 2 rings (SSSR count). The van der Waals surface area contributed by atoms with E-state index in [0.29, 0.717) is 12.1 Å². The topological polar surface area (TPSA) is 53.1 Å². The Kier molecular flexibility index (Phi) is 4.35. The quantitative estimate of drug-likeness (QED) is 0.648. The SMILES string of the molecule is CCN(Cc1cc(F)cc(C(=N)N)c1)c1ccccc1. The maximum absolute atomic E-state index is 13.6. The molecule has 4 heteroatoms. The van der Waals surface area contributed by atoms with Gasteiger partial charge in [-0.05, 0) is 42.8 Å². The van der Waals surface area contributed by atoms with E-state index in [1.165, 1.54) is 12.1 Å². The molecule has 0 saturated heterocycles. The fraction of sp³-hybridized carbons (Fsp3) is 0.188. The second kappa shape index (κ2) is 6.19. The van der Waals surface area contributed by atoms with Crippen molar-refractivity contribution in [1.82, 2.24) is 0 Å². The number of nitrogens with one attached hydrogen (secondary N) is 1. The van der Waals surface area contributed by atoms with Crippen molar-refractivity contribution in [3.05, 3.63) is 65.5 Å². The summed E-state index contributed by atoms with van der Waals surface area (Å²) in [5, 5.41) is 7.42. The summed E-state index contributed by atoms with van der Waals surface area (Å²) in [4.78, 5) is 2.14. The Morgan fingerprint density at radius 1 is 1.20 bits per heavy atom. The molecule has 0 radical (unpaired) electrons. The molecule has 2 aromatic rings. The van der Waals surface area contributed by atoms with Gasteiger partial charge in [0.1, 0.15) is 11.7 Å². The number of benzene rings is 2. The number of nitrogens with zero attached hydrogens (tertiary/aromatic N) is 1. The van der Waals surface area contributed by atoms with E-state index >= 15 is 0 Å². The van der Waals surface area contributed by atoms with Crippen molar-refractivity contribution in [2.24, 2.45) is 5.73 Å². The van der Waals surface area contributed by atoms with Crippen LogP contribution >= 0.6 is 0 Å². The van der Waals surface area contributed by atoms with Gasteiger partial charge in [-0.3, -0.25) is 5.41 Å². The zero-order valence-electron chi connectivity index (χ0n) is 11.4. The van der Waals surface area contributed by atoms with Crippen molar-refractivity contribution >= 4 is 11.5 Å². The molecule has 20 heavy (non-hydrogen) atoms. The fourth-order valence-electron chi connectivity index (χ4n) is 2.14. The van der Waals surface area contributed by atoms with Gasteiger partial charge in [-0.15, -0.1) is 0 Å².